The summed E-state index contributed by atoms with van der Waals surface area (Å²) < 4.78 is 38.5. The van der Waals surface area contributed by atoms with E-state index in [0.29, 0.717) is 41.8 Å². The van der Waals surface area contributed by atoms with E-state index in [-0.39, 0.29) is 23.8 Å². The largest absolute Gasteiger partial charge is 0.497 e. The third-order valence-electron chi connectivity index (χ3n) is 6.27. The number of hydrogen-bond acceptors (Lipinski definition) is 8. The number of aliphatic hydroxyl groups is 1. The number of aryl methyl sites for hydroxylation is 1. The van der Waals surface area contributed by atoms with Gasteiger partial charge in [0.05, 0.1) is 19.1 Å². The van der Waals surface area contributed by atoms with Gasteiger partial charge in [-0.3, -0.25) is 10.2 Å². The zero-order valence-corrected chi connectivity index (χ0v) is 23.4. The molecule has 0 spiro atoms. The van der Waals surface area contributed by atoms with Gasteiger partial charge in [0.2, 0.25) is 11.9 Å². The normalized spacial score (nSPS) is 12.8. The van der Waals surface area contributed by atoms with Crippen LogP contribution in [0.25, 0.3) is 0 Å². The molecule has 0 heterocycles. The second-order valence-electron chi connectivity index (χ2n) is 9.02. The van der Waals surface area contributed by atoms with E-state index in [2.05, 4.69) is 15.4 Å². The van der Waals surface area contributed by atoms with E-state index in [1.807, 2.05) is 24.3 Å². The topological polar surface area (TPSA) is 176 Å². The highest BCUT2D eigenvalue weighted by Gasteiger charge is 2.24. The Labute approximate surface area is 224 Å². The molecule has 2 aromatic carbocycles. The molecular formula is C26H39N5O6S. The van der Waals surface area contributed by atoms with Crippen LogP contribution in [0.15, 0.2) is 35.2 Å². The summed E-state index contributed by atoms with van der Waals surface area (Å²) in [5, 5.41) is 23.6. The third kappa shape index (κ3) is 8.33. The maximum Gasteiger partial charge on any atom is 0.264 e. The van der Waals surface area contributed by atoms with Gasteiger partial charge in [-0.05, 0) is 80.5 Å². The molecule has 2 rings (SSSR count). The number of hydrogen-bond donors (Lipinski definition) is 6. The molecular weight excluding hydrogens is 510 g/mol. The summed E-state index contributed by atoms with van der Waals surface area (Å²) in [7, 11) is -0.882. The molecule has 0 aromatic heterocycles. The van der Waals surface area contributed by atoms with Gasteiger partial charge >= 0.3 is 0 Å². The van der Waals surface area contributed by atoms with Gasteiger partial charge in [0.25, 0.3) is 10.0 Å². The highest BCUT2D eigenvalue weighted by Crippen LogP contribution is 2.30. The zero-order valence-electron chi connectivity index (χ0n) is 22.6. The molecule has 1 unspecified atom stereocenters. The van der Waals surface area contributed by atoms with Gasteiger partial charge in [-0.15, -0.1) is 0 Å². The Hall–Kier alpha value is -3.35. The van der Waals surface area contributed by atoms with Crippen molar-refractivity contribution in [2.45, 2.75) is 57.1 Å². The lowest BCUT2D eigenvalue weighted by atomic mass is 10.1. The van der Waals surface area contributed by atoms with Crippen LogP contribution < -0.4 is 30.6 Å². The number of ether oxygens (including phenoxy) is 2. The van der Waals surface area contributed by atoms with E-state index in [9.17, 15) is 18.3 Å². The average molecular weight is 550 g/mol. The van der Waals surface area contributed by atoms with Crippen molar-refractivity contribution >= 4 is 21.9 Å². The number of benzene rings is 2. The van der Waals surface area contributed by atoms with Crippen LogP contribution in [-0.2, 0) is 21.2 Å². The Morgan fingerprint density at radius 3 is 2.32 bits per heavy atom. The van der Waals surface area contributed by atoms with Crippen molar-refractivity contribution in [1.29, 1.82) is 5.41 Å². The maximum absolute atomic E-state index is 12.9. The summed E-state index contributed by atoms with van der Waals surface area (Å²) in [6.45, 7) is 5.71. The van der Waals surface area contributed by atoms with Crippen LogP contribution in [0.3, 0.4) is 0 Å². The molecule has 210 valence electrons. The van der Waals surface area contributed by atoms with Crippen molar-refractivity contribution in [3.8, 4) is 11.5 Å². The van der Waals surface area contributed by atoms with Gasteiger partial charge in [-0.2, -0.15) is 0 Å². The Balaban J connectivity index is 1.76. The van der Waals surface area contributed by atoms with Crippen molar-refractivity contribution in [3.05, 3.63) is 52.6 Å². The molecule has 0 fully saturated rings. The first-order chi connectivity index (χ1) is 17.9. The minimum absolute atomic E-state index is 0.102. The van der Waals surface area contributed by atoms with Crippen LogP contribution in [0.2, 0.25) is 0 Å². The molecule has 0 saturated heterocycles. The highest BCUT2D eigenvalue weighted by molar-refractivity contribution is 7.90. The molecule has 2 aromatic rings. The highest BCUT2D eigenvalue weighted by atomic mass is 32.2. The number of carbonyl (C=O) groups is 1. The lowest BCUT2D eigenvalue weighted by Gasteiger charge is -2.19. The minimum atomic E-state index is -4.00. The Morgan fingerprint density at radius 2 is 1.71 bits per heavy atom. The van der Waals surface area contributed by atoms with E-state index in [1.165, 1.54) is 7.11 Å². The molecule has 0 aliphatic heterocycles. The number of rotatable bonds is 13. The van der Waals surface area contributed by atoms with Gasteiger partial charge in [0, 0.05) is 19.1 Å². The number of amides is 1. The van der Waals surface area contributed by atoms with Crippen molar-refractivity contribution in [1.82, 2.24) is 15.4 Å². The first kappa shape index (κ1) is 30.9. The van der Waals surface area contributed by atoms with E-state index in [0.717, 1.165) is 11.3 Å². The lowest BCUT2D eigenvalue weighted by Crippen LogP contribution is -2.47. The van der Waals surface area contributed by atoms with E-state index in [1.54, 1.807) is 33.9 Å². The van der Waals surface area contributed by atoms with Crippen LogP contribution in [0.4, 0.5) is 0 Å². The number of sulfonamides is 1. The zero-order chi connectivity index (χ0) is 28.5. The van der Waals surface area contributed by atoms with Gasteiger partial charge in [-0.25, -0.2) is 13.1 Å². The van der Waals surface area contributed by atoms with Crippen LogP contribution >= 0.6 is 0 Å². The Morgan fingerprint density at radius 1 is 1.05 bits per heavy atom. The smallest absolute Gasteiger partial charge is 0.264 e. The quantitative estimate of drug-likeness (QED) is 0.123. The van der Waals surface area contributed by atoms with Crippen LogP contribution in [0.5, 0.6) is 11.5 Å². The standard InChI is InChI=1S/C26H39N5O6S/c1-16-15-22(37-5)17(2)18(3)24(16)38(34,35)31-26(28)30-13-6-7-21(27)23(32)25(33)29-14-12-19-8-10-20(36-4)11-9-19/h8-11,15,21,23,32H,6-7,12-14,27H2,1-5H3,(H,29,33)(H3,28,30,31)/t21-,23?/m0/s1. The molecule has 7 N–H and O–H groups in total. The first-order valence-electron chi connectivity index (χ1n) is 12.3. The van der Waals surface area contributed by atoms with Crippen LogP contribution in [0.1, 0.15) is 35.1 Å². The molecule has 12 heteroatoms. The lowest BCUT2D eigenvalue weighted by molar-refractivity contribution is -0.130. The Bertz CT molecular complexity index is 1220. The molecule has 0 aliphatic rings. The first-order valence-corrected chi connectivity index (χ1v) is 13.7. The summed E-state index contributed by atoms with van der Waals surface area (Å²) in [5.74, 6) is 0.401. The number of nitrogens with two attached hydrogens (primary N) is 1. The van der Waals surface area contributed by atoms with E-state index < -0.39 is 28.1 Å². The summed E-state index contributed by atoms with van der Waals surface area (Å²) >= 11 is 0. The molecule has 2 atom stereocenters. The van der Waals surface area contributed by atoms with Crippen LogP contribution in [0, 0.1) is 26.2 Å². The van der Waals surface area contributed by atoms with Gasteiger partial charge in [0.1, 0.15) is 17.6 Å². The summed E-state index contributed by atoms with van der Waals surface area (Å²) in [6, 6.07) is 8.31. The predicted molar refractivity (Wildman–Crippen MR) is 146 cm³/mol. The molecule has 38 heavy (non-hydrogen) atoms. The third-order valence-corrected chi connectivity index (χ3v) is 7.90. The number of methoxy groups -OCH3 is 2. The predicted octanol–water partition coefficient (Wildman–Crippen LogP) is 1.26. The summed E-state index contributed by atoms with van der Waals surface area (Å²) in [5.41, 5.74) is 8.74. The summed E-state index contributed by atoms with van der Waals surface area (Å²) in [6.07, 6.45) is -0.0977. The van der Waals surface area contributed by atoms with Crippen molar-refractivity contribution in [2.75, 3.05) is 27.3 Å². The van der Waals surface area contributed by atoms with Gasteiger partial charge < -0.3 is 30.9 Å². The number of aliphatic hydroxyl groups excluding tert-OH is 1. The monoisotopic (exact) mass is 549 g/mol. The molecule has 0 saturated carbocycles. The average Bonchev–Trinajstić information content (AvgIpc) is 2.87. The Kier molecular flexibility index (Phi) is 11.4. The molecule has 0 bridgehead atoms. The number of guanidine groups is 1. The second-order valence-corrected chi connectivity index (χ2v) is 10.6. The second kappa shape index (κ2) is 14.0. The SMILES string of the molecule is COc1ccc(CCNC(=O)C(O)[C@@H](N)CCCNC(=N)NS(=O)(=O)c2c(C)cc(OC)c(C)c2C)cc1. The fourth-order valence-corrected chi connectivity index (χ4v) is 5.48. The molecule has 0 aliphatic carbocycles. The van der Waals surface area contributed by atoms with Crippen molar-refractivity contribution < 1.29 is 27.8 Å². The fourth-order valence-electron chi connectivity index (χ4n) is 4.00. The summed E-state index contributed by atoms with van der Waals surface area (Å²) in [4.78, 5) is 12.3. The van der Waals surface area contributed by atoms with Gasteiger partial charge in [-0.1, -0.05) is 12.1 Å². The molecule has 11 nitrogen and oxygen atoms in total. The van der Waals surface area contributed by atoms with Crippen molar-refractivity contribution in [3.63, 3.8) is 0 Å². The van der Waals surface area contributed by atoms with Gasteiger partial charge in [0.15, 0.2) is 0 Å². The number of nitrogens with one attached hydrogen (secondary N) is 4. The number of carbonyl (C=O) groups excluding carboxylic acids is 1. The van der Waals surface area contributed by atoms with Crippen molar-refractivity contribution in [2.24, 2.45) is 5.73 Å². The van der Waals surface area contributed by atoms with Crippen LogP contribution in [-0.4, -0.2) is 64.8 Å². The fraction of sp³-hybridized carbons (Fsp3) is 0.462. The van der Waals surface area contributed by atoms with E-state index >= 15 is 0 Å². The molecule has 1 amide bonds. The maximum atomic E-state index is 12.9. The molecule has 0 radical (unpaired) electrons. The van der Waals surface area contributed by atoms with E-state index in [4.69, 9.17) is 20.6 Å². The minimum Gasteiger partial charge on any atom is -0.497 e.